The van der Waals surface area contributed by atoms with E-state index in [-0.39, 0.29) is 55.1 Å². The zero-order valence-corrected chi connectivity index (χ0v) is 23.4. The maximum atomic E-state index is 13.5. The molecule has 0 unspecified atom stereocenters. The maximum Gasteiger partial charge on any atom is 0.409 e. The first kappa shape index (κ1) is 29.8. The lowest BCUT2D eigenvalue weighted by atomic mass is 10.1. The van der Waals surface area contributed by atoms with E-state index in [1.54, 1.807) is 44.7 Å². The van der Waals surface area contributed by atoms with Gasteiger partial charge in [0, 0.05) is 44.2 Å². The van der Waals surface area contributed by atoms with Gasteiger partial charge in [-0.25, -0.2) is 14.8 Å². The van der Waals surface area contributed by atoms with Crippen LogP contribution in [0.1, 0.15) is 51.0 Å². The summed E-state index contributed by atoms with van der Waals surface area (Å²) in [7, 11) is 0. The van der Waals surface area contributed by atoms with Gasteiger partial charge in [-0.15, -0.1) is 0 Å². The third-order valence-corrected chi connectivity index (χ3v) is 5.93. The highest BCUT2D eigenvalue weighted by molar-refractivity contribution is 6.29. The van der Waals surface area contributed by atoms with Crippen molar-refractivity contribution in [1.82, 2.24) is 25.1 Å². The third-order valence-electron chi connectivity index (χ3n) is 5.74. The molecule has 0 saturated carbocycles. The number of amides is 3. The van der Waals surface area contributed by atoms with Gasteiger partial charge in [0.1, 0.15) is 22.5 Å². The van der Waals surface area contributed by atoms with Gasteiger partial charge in [0.15, 0.2) is 5.82 Å². The topological polar surface area (TPSA) is 131 Å². The summed E-state index contributed by atoms with van der Waals surface area (Å²) in [6, 6.07) is 9.32. The Balaban J connectivity index is 1.76. The van der Waals surface area contributed by atoms with Gasteiger partial charge in [0.05, 0.1) is 6.61 Å². The van der Waals surface area contributed by atoms with Crippen molar-refractivity contribution in [3.8, 4) is 11.4 Å². The number of hydrogen-bond acceptors (Lipinski definition) is 8. The SMILES string of the molecule is CCOC(=O)N1CCN(C(=O)[C@H](CCC(=O)OC(C)(C)C)NC(=O)c2cc(Cl)nc(-c3ccccc3)n2)CC1. The van der Waals surface area contributed by atoms with Gasteiger partial charge < -0.3 is 24.6 Å². The molecule has 210 valence electrons. The molecule has 2 heterocycles. The van der Waals surface area contributed by atoms with Gasteiger partial charge >= 0.3 is 12.1 Å². The van der Waals surface area contributed by atoms with Crippen molar-refractivity contribution < 1.29 is 28.7 Å². The highest BCUT2D eigenvalue weighted by atomic mass is 35.5. The zero-order chi connectivity index (χ0) is 28.6. The standard InChI is InChI=1S/C27H34ClN5O6/c1-5-38-26(37)33-15-13-32(14-16-33)25(36)19(11-12-22(34)39-27(2,3)4)30-24(35)20-17-21(28)31-23(29-20)18-9-7-6-8-10-18/h6-10,17,19H,5,11-16H2,1-4H3,(H,30,35)/t19-/m0/s1. The smallest absolute Gasteiger partial charge is 0.409 e. The Morgan fingerprint density at radius 3 is 2.28 bits per heavy atom. The highest BCUT2D eigenvalue weighted by Gasteiger charge is 2.32. The fourth-order valence-electron chi connectivity index (χ4n) is 3.94. The van der Waals surface area contributed by atoms with Crippen LogP contribution < -0.4 is 5.32 Å². The van der Waals surface area contributed by atoms with Crippen LogP contribution in [-0.4, -0.2) is 88.1 Å². The molecule has 3 amide bonds. The third kappa shape index (κ3) is 8.91. The molecular weight excluding hydrogens is 526 g/mol. The molecule has 11 nitrogen and oxygen atoms in total. The number of rotatable bonds is 8. The number of hydrogen-bond donors (Lipinski definition) is 1. The van der Waals surface area contributed by atoms with E-state index in [1.165, 1.54) is 11.0 Å². The van der Waals surface area contributed by atoms with Crippen molar-refractivity contribution in [3.63, 3.8) is 0 Å². The van der Waals surface area contributed by atoms with Gasteiger partial charge in [0.2, 0.25) is 5.91 Å². The van der Waals surface area contributed by atoms with E-state index >= 15 is 0 Å². The van der Waals surface area contributed by atoms with Gasteiger partial charge in [0.25, 0.3) is 5.91 Å². The van der Waals surface area contributed by atoms with Crippen molar-refractivity contribution in [2.45, 2.75) is 52.2 Å². The molecule has 1 atom stereocenters. The van der Waals surface area contributed by atoms with Gasteiger partial charge in [-0.3, -0.25) is 14.4 Å². The Morgan fingerprint density at radius 1 is 1.03 bits per heavy atom. The zero-order valence-electron chi connectivity index (χ0n) is 22.6. The molecule has 39 heavy (non-hydrogen) atoms. The second kappa shape index (κ2) is 13.4. The first-order valence-electron chi connectivity index (χ1n) is 12.8. The van der Waals surface area contributed by atoms with Gasteiger partial charge in [-0.05, 0) is 34.1 Å². The number of carbonyl (C=O) groups is 4. The minimum atomic E-state index is -1.03. The summed E-state index contributed by atoms with van der Waals surface area (Å²) in [6.07, 6.45) is -0.507. The lowest BCUT2D eigenvalue weighted by molar-refractivity contribution is -0.155. The minimum Gasteiger partial charge on any atom is -0.460 e. The Kier molecular flexibility index (Phi) is 10.2. The van der Waals surface area contributed by atoms with Crippen LogP contribution in [0.3, 0.4) is 0 Å². The summed E-state index contributed by atoms with van der Waals surface area (Å²) < 4.78 is 10.4. The summed E-state index contributed by atoms with van der Waals surface area (Å²) in [4.78, 5) is 62.8. The van der Waals surface area contributed by atoms with Crippen LogP contribution >= 0.6 is 11.6 Å². The van der Waals surface area contributed by atoms with E-state index < -0.39 is 29.6 Å². The van der Waals surface area contributed by atoms with Crippen molar-refractivity contribution in [3.05, 3.63) is 47.2 Å². The van der Waals surface area contributed by atoms with Crippen molar-refractivity contribution in [2.75, 3.05) is 32.8 Å². The van der Waals surface area contributed by atoms with Crippen LogP contribution in [0.5, 0.6) is 0 Å². The predicted octanol–water partition coefficient (Wildman–Crippen LogP) is 3.32. The van der Waals surface area contributed by atoms with Crippen LogP contribution in [-0.2, 0) is 19.1 Å². The molecule has 1 aliphatic heterocycles. The summed E-state index contributed by atoms with van der Waals surface area (Å²) in [5.41, 5.74) is -0.0310. The van der Waals surface area contributed by atoms with E-state index in [0.29, 0.717) is 18.7 Å². The summed E-state index contributed by atoms with van der Waals surface area (Å²) in [5, 5.41) is 2.79. The monoisotopic (exact) mass is 559 g/mol. The highest BCUT2D eigenvalue weighted by Crippen LogP contribution is 2.19. The summed E-state index contributed by atoms with van der Waals surface area (Å²) >= 11 is 6.18. The average Bonchev–Trinajstić information content (AvgIpc) is 2.90. The molecule has 2 aromatic rings. The lowest BCUT2D eigenvalue weighted by Crippen LogP contribution is -2.56. The molecule has 1 saturated heterocycles. The van der Waals surface area contributed by atoms with Gasteiger partial charge in [-0.2, -0.15) is 0 Å². The molecule has 1 fully saturated rings. The first-order chi connectivity index (χ1) is 18.5. The number of esters is 1. The quantitative estimate of drug-likeness (QED) is 0.385. The van der Waals surface area contributed by atoms with Crippen LogP contribution in [0.4, 0.5) is 4.79 Å². The predicted molar refractivity (Wildman–Crippen MR) is 144 cm³/mol. The van der Waals surface area contributed by atoms with Crippen LogP contribution in [0.25, 0.3) is 11.4 Å². The number of aromatic nitrogens is 2. The van der Waals surface area contributed by atoms with E-state index in [0.717, 1.165) is 0 Å². The van der Waals surface area contributed by atoms with E-state index in [1.807, 2.05) is 18.2 Å². The Bertz CT molecular complexity index is 1180. The molecule has 0 aliphatic carbocycles. The molecule has 1 aliphatic rings. The minimum absolute atomic E-state index is 0.0158. The molecule has 1 N–H and O–H groups in total. The largest absolute Gasteiger partial charge is 0.460 e. The molecule has 0 spiro atoms. The number of carbonyl (C=O) groups excluding carboxylic acids is 4. The summed E-state index contributed by atoms with van der Waals surface area (Å²) in [6.45, 7) is 8.34. The van der Waals surface area contributed by atoms with Crippen molar-refractivity contribution in [2.24, 2.45) is 0 Å². The normalized spacial score (nSPS) is 14.4. The molecule has 12 heteroatoms. The number of halogens is 1. The fraction of sp³-hybridized carbons (Fsp3) is 0.481. The Labute approximate surface area is 232 Å². The Morgan fingerprint density at radius 2 is 1.67 bits per heavy atom. The fourth-order valence-corrected chi connectivity index (χ4v) is 4.12. The number of benzene rings is 1. The molecule has 1 aromatic heterocycles. The van der Waals surface area contributed by atoms with Crippen molar-refractivity contribution >= 4 is 35.5 Å². The number of piperazine rings is 1. The van der Waals surface area contributed by atoms with Crippen molar-refractivity contribution in [1.29, 1.82) is 0 Å². The number of nitrogens with one attached hydrogen (secondary N) is 1. The summed E-state index contributed by atoms with van der Waals surface area (Å²) in [5.74, 6) is -1.24. The van der Waals surface area contributed by atoms with Crippen LogP contribution in [0.15, 0.2) is 36.4 Å². The van der Waals surface area contributed by atoms with Gasteiger partial charge in [-0.1, -0.05) is 41.9 Å². The molecule has 0 bridgehead atoms. The molecule has 3 rings (SSSR count). The molecule has 0 radical (unpaired) electrons. The number of nitrogens with zero attached hydrogens (tertiary/aromatic N) is 4. The van der Waals surface area contributed by atoms with Crippen LogP contribution in [0, 0.1) is 0 Å². The average molecular weight is 560 g/mol. The second-order valence-electron chi connectivity index (χ2n) is 9.93. The molecule has 1 aromatic carbocycles. The van der Waals surface area contributed by atoms with Crippen LogP contribution in [0.2, 0.25) is 5.15 Å². The Hall–Kier alpha value is -3.73. The van der Waals surface area contributed by atoms with E-state index in [9.17, 15) is 19.2 Å². The lowest BCUT2D eigenvalue weighted by Gasteiger charge is -2.36. The maximum absolute atomic E-state index is 13.5. The van der Waals surface area contributed by atoms with E-state index in [4.69, 9.17) is 21.1 Å². The number of ether oxygens (including phenoxy) is 2. The first-order valence-corrected chi connectivity index (χ1v) is 13.2. The molecular formula is C27H34ClN5O6. The van der Waals surface area contributed by atoms with E-state index in [2.05, 4.69) is 15.3 Å². The second-order valence-corrected chi connectivity index (χ2v) is 10.3.